The molecule has 0 fully saturated rings. The van der Waals surface area contributed by atoms with Gasteiger partial charge >= 0.3 is 23.9 Å². The third-order valence-corrected chi connectivity index (χ3v) is 26.8. The molecule has 16 nitrogen and oxygen atoms in total. The van der Waals surface area contributed by atoms with Crippen LogP contribution in [0.15, 0.2) is 72.8 Å². The first kappa shape index (κ1) is 122. The summed E-state index contributed by atoms with van der Waals surface area (Å²) in [5.41, 5.74) is -1.03. The van der Waals surface area contributed by atoms with Gasteiger partial charge in [0.05, 0.1) is 75.1 Å². The predicted molar refractivity (Wildman–Crippen MR) is 571 cm³/mol. The van der Waals surface area contributed by atoms with Gasteiger partial charge in [-0.1, -0.05) is 466 Å². The Labute approximate surface area is 838 Å². The minimum atomic E-state index is -1.76. The standard InChI is InChI=1S/C121H204O16/c1-9-17-25-33-41-49-57-65-73-89-126-109-85-81-105(97-113(109)130-93-77-69-61-53-45-37-29-21-13-5)117(122)134-101-121(102-135-118(123)106-82-86-110(127-90-74-66-58-50-42-34-26-18-10-2)114(98-106)131-94-78-70-62-54-46-38-30-22-14-6,103-136-119(124)107-83-87-111(128-91-75-67-59-51-43-35-27-19-11-3)115(99-107)132-95-79-71-63-55-47-39-31-23-15-7)104-137-120(125)108-84-88-112(129-92-76-68-60-52-44-36-28-20-12-4)116(100-108)133-96-80-72-64-56-48-40-32-24-16-8/h81-88,97-100H,9-80,89-96,101-104H2,1-8H3. The van der Waals surface area contributed by atoms with Crippen LogP contribution in [0.2, 0.25) is 0 Å². The molecule has 0 heterocycles. The van der Waals surface area contributed by atoms with Gasteiger partial charge in [0.25, 0.3) is 0 Å². The Morgan fingerprint density at radius 3 is 0.409 bits per heavy atom. The van der Waals surface area contributed by atoms with Gasteiger partial charge in [0.1, 0.15) is 31.8 Å². The zero-order valence-corrected chi connectivity index (χ0v) is 89.4. The third kappa shape index (κ3) is 63.6. The average molecular weight is 1910 g/mol. The van der Waals surface area contributed by atoms with Gasteiger partial charge in [0.15, 0.2) is 46.0 Å². The van der Waals surface area contributed by atoms with Gasteiger partial charge in [-0.25, -0.2) is 19.2 Å². The van der Waals surface area contributed by atoms with Gasteiger partial charge in [-0.2, -0.15) is 0 Å². The maximum Gasteiger partial charge on any atom is 0.338 e. The van der Waals surface area contributed by atoms with E-state index in [9.17, 15) is 0 Å². The molecule has 0 aliphatic rings. The van der Waals surface area contributed by atoms with E-state index in [0.717, 1.165) is 154 Å². The number of esters is 4. The summed E-state index contributed by atoms with van der Waals surface area (Å²) in [6.07, 6.45) is 84.2. The molecule has 0 aliphatic heterocycles. The molecule has 0 unspecified atom stereocenters. The van der Waals surface area contributed by atoms with E-state index in [1.165, 1.54) is 308 Å². The first-order valence-electron chi connectivity index (χ1n) is 57.8. The summed E-state index contributed by atoms with van der Waals surface area (Å²) in [5, 5.41) is 0. The van der Waals surface area contributed by atoms with E-state index < -0.39 is 55.7 Å². The maximum atomic E-state index is 15.3. The first-order chi connectivity index (χ1) is 67.5. The van der Waals surface area contributed by atoms with Crippen LogP contribution in [-0.4, -0.2) is 103 Å². The SMILES string of the molecule is CCCCCCCCCCCOc1ccc(C(=O)OCC(COC(=O)c2ccc(OCCCCCCCCCCC)c(OCCCCCCCCCCC)c2)(COC(=O)c2ccc(OCCCCCCCCCCC)c(OCCCCCCCCCCC)c2)COC(=O)c2ccc(OCCCCCCCCCCC)c(OCCCCCCCCCCC)c2)cc1OCCCCCCCCCCC. The number of hydrogen-bond donors (Lipinski definition) is 0. The zero-order valence-electron chi connectivity index (χ0n) is 89.4. The van der Waals surface area contributed by atoms with Crippen molar-refractivity contribution in [2.75, 3.05) is 79.3 Å². The number of carbonyl (C=O) groups excluding carboxylic acids is 4. The number of carbonyl (C=O) groups is 4. The molecule has 0 saturated carbocycles. The molecule has 0 radical (unpaired) electrons. The molecule has 4 rings (SSSR count). The summed E-state index contributed by atoms with van der Waals surface area (Å²) < 4.78 is 78.6. The maximum absolute atomic E-state index is 15.3. The van der Waals surface area contributed by atoms with Crippen molar-refractivity contribution >= 4 is 23.9 Å². The molecule has 0 bridgehead atoms. The van der Waals surface area contributed by atoms with E-state index in [0.29, 0.717) is 98.9 Å². The van der Waals surface area contributed by atoms with Crippen molar-refractivity contribution in [3.8, 4) is 46.0 Å². The van der Waals surface area contributed by atoms with Crippen LogP contribution >= 0.6 is 0 Å². The van der Waals surface area contributed by atoms with Crippen LogP contribution in [0.25, 0.3) is 0 Å². The predicted octanol–water partition coefficient (Wildman–Crippen LogP) is 36.7. The number of benzene rings is 4. The van der Waals surface area contributed by atoms with E-state index in [1.807, 2.05) is 0 Å². The Hall–Kier alpha value is -6.84. The smallest absolute Gasteiger partial charge is 0.338 e. The van der Waals surface area contributed by atoms with Crippen molar-refractivity contribution in [3.05, 3.63) is 95.1 Å². The highest BCUT2D eigenvalue weighted by Crippen LogP contribution is 2.37. The quantitative estimate of drug-likeness (QED) is 0.0231. The fraction of sp³-hybridized carbons (Fsp3) is 0.769. The molecule has 137 heavy (non-hydrogen) atoms. The number of hydrogen-bond acceptors (Lipinski definition) is 16. The van der Waals surface area contributed by atoms with E-state index in [2.05, 4.69) is 55.4 Å². The fourth-order valence-electron chi connectivity index (χ4n) is 17.7. The zero-order chi connectivity index (χ0) is 98.1. The van der Waals surface area contributed by atoms with Crippen LogP contribution in [0.4, 0.5) is 0 Å². The lowest BCUT2D eigenvalue weighted by Crippen LogP contribution is -2.44. The highest BCUT2D eigenvalue weighted by molar-refractivity contribution is 5.92. The monoisotopic (exact) mass is 1910 g/mol. The second-order valence-corrected chi connectivity index (χ2v) is 39.9. The van der Waals surface area contributed by atoms with Crippen molar-refractivity contribution in [2.45, 2.75) is 518 Å². The fourth-order valence-corrected chi connectivity index (χ4v) is 17.7. The molecule has 0 amide bonds. The first-order valence-corrected chi connectivity index (χ1v) is 57.8. The Bertz CT molecular complexity index is 3050. The van der Waals surface area contributed by atoms with E-state index in [4.69, 9.17) is 56.8 Å². The lowest BCUT2D eigenvalue weighted by atomic mass is 9.92. The molecule has 0 aromatic heterocycles. The van der Waals surface area contributed by atoms with Crippen LogP contribution in [0, 0.1) is 5.41 Å². The molecular formula is C121H204O16. The van der Waals surface area contributed by atoms with E-state index in [1.54, 1.807) is 72.8 Å². The van der Waals surface area contributed by atoms with Gasteiger partial charge in [-0.3, -0.25) is 0 Å². The third-order valence-electron chi connectivity index (χ3n) is 26.8. The van der Waals surface area contributed by atoms with Crippen molar-refractivity contribution in [2.24, 2.45) is 5.41 Å². The molecule has 0 spiro atoms. The highest BCUT2D eigenvalue weighted by atomic mass is 16.6. The van der Waals surface area contributed by atoms with Crippen LogP contribution in [0.1, 0.15) is 559 Å². The summed E-state index contributed by atoms with van der Waals surface area (Å²) >= 11 is 0. The molecular weight excluding hydrogens is 1710 g/mol. The minimum Gasteiger partial charge on any atom is -0.490 e. The molecule has 0 saturated heterocycles. The molecule has 16 heteroatoms. The molecule has 4 aromatic rings. The minimum absolute atomic E-state index is 0.183. The van der Waals surface area contributed by atoms with E-state index >= 15 is 19.2 Å². The van der Waals surface area contributed by atoms with Crippen LogP contribution in [-0.2, 0) is 18.9 Å². The highest BCUT2D eigenvalue weighted by Gasteiger charge is 2.39. The average Bonchev–Trinajstić information content (AvgIpc) is 0.803. The van der Waals surface area contributed by atoms with Gasteiger partial charge in [0.2, 0.25) is 0 Å². The van der Waals surface area contributed by atoms with Crippen molar-refractivity contribution < 1.29 is 76.0 Å². The lowest BCUT2D eigenvalue weighted by Gasteiger charge is -2.31. The van der Waals surface area contributed by atoms with Crippen molar-refractivity contribution in [3.63, 3.8) is 0 Å². The summed E-state index contributed by atoms with van der Waals surface area (Å²) in [7, 11) is 0. The Morgan fingerprint density at radius 2 is 0.277 bits per heavy atom. The Balaban J connectivity index is 1.89. The Morgan fingerprint density at radius 1 is 0.161 bits per heavy atom. The summed E-state index contributed by atoms with van der Waals surface area (Å²) in [5.74, 6) is 0.955. The molecule has 4 aromatic carbocycles. The van der Waals surface area contributed by atoms with Gasteiger partial charge in [0, 0.05) is 0 Å². The van der Waals surface area contributed by atoms with Crippen LogP contribution in [0.5, 0.6) is 46.0 Å². The van der Waals surface area contributed by atoms with Crippen molar-refractivity contribution in [1.82, 2.24) is 0 Å². The van der Waals surface area contributed by atoms with Crippen molar-refractivity contribution in [1.29, 1.82) is 0 Å². The van der Waals surface area contributed by atoms with Gasteiger partial charge in [-0.05, 0) is 124 Å². The number of rotatable bonds is 100. The second-order valence-electron chi connectivity index (χ2n) is 39.9. The summed E-state index contributed by atoms with van der Waals surface area (Å²) in [6.45, 7) is 19.5. The molecule has 784 valence electrons. The molecule has 0 N–H and O–H groups in total. The number of ether oxygens (including phenoxy) is 12. The van der Waals surface area contributed by atoms with Gasteiger partial charge < -0.3 is 56.8 Å². The topological polar surface area (TPSA) is 179 Å². The van der Waals surface area contributed by atoms with E-state index in [-0.39, 0.29) is 22.3 Å². The molecule has 0 atom stereocenters. The largest absolute Gasteiger partial charge is 0.490 e. The summed E-state index contributed by atoms with van der Waals surface area (Å²) in [6, 6.07) is 20.6. The van der Waals surface area contributed by atoms with Crippen LogP contribution < -0.4 is 37.9 Å². The summed E-state index contributed by atoms with van der Waals surface area (Å²) in [4.78, 5) is 61.2. The lowest BCUT2D eigenvalue weighted by molar-refractivity contribution is -0.0642. The van der Waals surface area contributed by atoms with Crippen LogP contribution in [0.3, 0.4) is 0 Å². The second kappa shape index (κ2) is 88.1. The Kier molecular flexibility index (Phi) is 78.8. The molecule has 0 aliphatic carbocycles. The number of unbranched alkanes of at least 4 members (excludes halogenated alkanes) is 64. The normalized spacial score (nSPS) is 11.4. The van der Waals surface area contributed by atoms with Gasteiger partial charge in [-0.15, -0.1) is 0 Å².